The lowest BCUT2D eigenvalue weighted by Crippen LogP contribution is -2.08. The van der Waals surface area contributed by atoms with Crippen LogP contribution in [0.25, 0.3) is 11.2 Å². The molecule has 6 nitrogen and oxygen atoms in total. The van der Waals surface area contributed by atoms with Crippen molar-refractivity contribution in [1.29, 1.82) is 0 Å². The molecule has 0 aliphatic heterocycles. The first kappa shape index (κ1) is 12.5. The third-order valence-corrected chi connectivity index (χ3v) is 3.25. The number of fused-ring (bicyclic) bond motifs is 1. The van der Waals surface area contributed by atoms with Gasteiger partial charge in [-0.15, -0.1) is 5.10 Å². The van der Waals surface area contributed by atoms with Crippen LogP contribution in [-0.4, -0.2) is 25.0 Å². The van der Waals surface area contributed by atoms with E-state index < -0.39 is 0 Å². The fourth-order valence-electron chi connectivity index (χ4n) is 2.14. The molecular weight excluding hydrogens is 252 g/mol. The molecule has 0 aliphatic carbocycles. The van der Waals surface area contributed by atoms with E-state index in [1.807, 2.05) is 25.1 Å². The molecule has 0 amide bonds. The van der Waals surface area contributed by atoms with Crippen LogP contribution in [0.4, 0.5) is 5.82 Å². The number of rotatable bonds is 4. The van der Waals surface area contributed by atoms with E-state index in [2.05, 4.69) is 44.7 Å². The van der Waals surface area contributed by atoms with Crippen molar-refractivity contribution < 1.29 is 0 Å². The second-order valence-corrected chi connectivity index (χ2v) is 4.58. The van der Waals surface area contributed by atoms with Gasteiger partial charge in [-0.05, 0) is 19.4 Å². The number of nitrogens with zero attached hydrogens (tertiary/aromatic N) is 5. The van der Waals surface area contributed by atoms with Crippen molar-refractivity contribution >= 4 is 17.0 Å². The highest BCUT2D eigenvalue weighted by Crippen LogP contribution is 2.21. The zero-order valence-corrected chi connectivity index (χ0v) is 11.5. The van der Waals surface area contributed by atoms with Gasteiger partial charge in [0.05, 0.1) is 6.04 Å². The Morgan fingerprint density at radius 2 is 2.00 bits per heavy atom. The Hall–Kier alpha value is -2.50. The first-order chi connectivity index (χ1) is 9.79. The number of aromatic nitrogens is 5. The number of anilines is 1. The first-order valence-electron chi connectivity index (χ1n) is 6.65. The summed E-state index contributed by atoms with van der Waals surface area (Å²) in [6.45, 7) is 4.84. The Labute approximate surface area is 116 Å². The minimum atomic E-state index is 0.140. The van der Waals surface area contributed by atoms with Crippen LogP contribution in [0.1, 0.15) is 25.5 Å². The minimum absolute atomic E-state index is 0.140. The smallest absolute Gasteiger partial charge is 0.183 e. The van der Waals surface area contributed by atoms with Crippen LogP contribution in [0.3, 0.4) is 0 Å². The summed E-state index contributed by atoms with van der Waals surface area (Å²) in [7, 11) is 0. The largest absolute Gasteiger partial charge is 0.362 e. The molecule has 3 rings (SSSR count). The van der Waals surface area contributed by atoms with E-state index in [9.17, 15) is 0 Å². The summed E-state index contributed by atoms with van der Waals surface area (Å²) in [6.07, 6.45) is 1.54. The molecule has 0 spiro atoms. The quantitative estimate of drug-likeness (QED) is 0.787. The Kier molecular flexibility index (Phi) is 3.28. The van der Waals surface area contributed by atoms with Crippen LogP contribution in [0.2, 0.25) is 0 Å². The monoisotopic (exact) mass is 268 g/mol. The third-order valence-electron chi connectivity index (χ3n) is 3.25. The molecule has 0 saturated heterocycles. The van der Waals surface area contributed by atoms with Crippen molar-refractivity contribution in [3.8, 4) is 0 Å². The number of benzene rings is 1. The molecule has 0 fully saturated rings. The van der Waals surface area contributed by atoms with Crippen molar-refractivity contribution in [2.75, 3.05) is 5.32 Å². The maximum atomic E-state index is 4.28. The van der Waals surface area contributed by atoms with Gasteiger partial charge in [-0.1, -0.05) is 35.5 Å². The molecule has 2 aromatic heterocycles. The van der Waals surface area contributed by atoms with E-state index in [4.69, 9.17) is 0 Å². The molecule has 1 unspecified atom stereocenters. The predicted octanol–water partition coefficient (Wildman–Crippen LogP) is 2.41. The number of hydrogen-bond donors (Lipinski definition) is 1. The standard InChI is InChI=1S/C14H16N6/c1-3-20-14-12(18-19-20)13(15-9-16-14)17-10(2)11-7-5-4-6-8-11/h4-10H,3H2,1-2H3,(H,15,16,17). The van der Waals surface area contributed by atoms with Crippen molar-refractivity contribution in [2.45, 2.75) is 26.4 Å². The Bertz CT molecular complexity index is 706. The lowest BCUT2D eigenvalue weighted by molar-refractivity contribution is 0.641. The topological polar surface area (TPSA) is 68.5 Å². The summed E-state index contributed by atoms with van der Waals surface area (Å²) in [4.78, 5) is 8.52. The average molecular weight is 268 g/mol. The molecule has 1 atom stereocenters. The summed E-state index contributed by atoms with van der Waals surface area (Å²) in [5, 5.41) is 11.6. The van der Waals surface area contributed by atoms with E-state index in [1.54, 1.807) is 4.68 Å². The SMILES string of the molecule is CCn1nnc2c(NC(C)c3ccccc3)ncnc21. The van der Waals surface area contributed by atoms with Gasteiger partial charge in [0.1, 0.15) is 6.33 Å². The van der Waals surface area contributed by atoms with Gasteiger partial charge in [-0.25, -0.2) is 14.6 Å². The highest BCUT2D eigenvalue weighted by Gasteiger charge is 2.13. The molecule has 6 heteroatoms. The summed E-state index contributed by atoms with van der Waals surface area (Å²) >= 11 is 0. The van der Waals surface area contributed by atoms with Crippen LogP contribution < -0.4 is 5.32 Å². The maximum absolute atomic E-state index is 4.28. The molecule has 0 saturated carbocycles. The molecule has 3 aromatic rings. The van der Waals surface area contributed by atoms with Crippen LogP contribution in [0.15, 0.2) is 36.7 Å². The second kappa shape index (κ2) is 5.24. The number of nitrogens with one attached hydrogen (secondary N) is 1. The lowest BCUT2D eigenvalue weighted by atomic mass is 10.1. The van der Waals surface area contributed by atoms with Crippen LogP contribution in [0.5, 0.6) is 0 Å². The van der Waals surface area contributed by atoms with Gasteiger partial charge >= 0.3 is 0 Å². The molecule has 20 heavy (non-hydrogen) atoms. The molecule has 102 valence electrons. The molecule has 0 aliphatic rings. The lowest BCUT2D eigenvalue weighted by Gasteiger charge is -2.14. The van der Waals surface area contributed by atoms with Crippen LogP contribution >= 0.6 is 0 Å². The van der Waals surface area contributed by atoms with E-state index in [0.29, 0.717) is 11.3 Å². The van der Waals surface area contributed by atoms with Gasteiger partial charge in [0.25, 0.3) is 0 Å². The van der Waals surface area contributed by atoms with E-state index in [-0.39, 0.29) is 6.04 Å². The normalized spacial score (nSPS) is 12.5. The van der Waals surface area contributed by atoms with Crippen LogP contribution in [0, 0.1) is 0 Å². The Morgan fingerprint density at radius 3 is 2.75 bits per heavy atom. The van der Waals surface area contributed by atoms with E-state index >= 15 is 0 Å². The van der Waals surface area contributed by atoms with Gasteiger partial charge in [0.15, 0.2) is 17.0 Å². The zero-order chi connectivity index (χ0) is 13.9. The number of hydrogen-bond acceptors (Lipinski definition) is 5. The molecule has 0 bridgehead atoms. The predicted molar refractivity (Wildman–Crippen MR) is 77.3 cm³/mol. The van der Waals surface area contributed by atoms with Gasteiger partial charge in [0.2, 0.25) is 0 Å². The fraction of sp³-hybridized carbons (Fsp3) is 0.286. The van der Waals surface area contributed by atoms with Crippen molar-refractivity contribution in [3.05, 3.63) is 42.2 Å². The van der Waals surface area contributed by atoms with Gasteiger partial charge < -0.3 is 5.32 Å². The van der Waals surface area contributed by atoms with Gasteiger partial charge in [0, 0.05) is 6.54 Å². The summed E-state index contributed by atoms with van der Waals surface area (Å²) in [6, 6.07) is 10.4. The fourth-order valence-corrected chi connectivity index (χ4v) is 2.14. The van der Waals surface area contributed by atoms with E-state index in [0.717, 1.165) is 12.2 Å². The van der Waals surface area contributed by atoms with Crippen molar-refractivity contribution in [3.63, 3.8) is 0 Å². The summed E-state index contributed by atoms with van der Waals surface area (Å²) in [5.74, 6) is 0.714. The molecule has 1 N–H and O–H groups in total. The molecule has 1 aromatic carbocycles. The number of aryl methyl sites for hydroxylation is 1. The minimum Gasteiger partial charge on any atom is -0.362 e. The first-order valence-corrected chi connectivity index (χ1v) is 6.65. The molecule has 0 radical (unpaired) electrons. The van der Waals surface area contributed by atoms with Crippen molar-refractivity contribution in [1.82, 2.24) is 25.0 Å². The highest BCUT2D eigenvalue weighted by atomic mass is 15.4. The van der Waals surface area contributed by atoms with Crippen LogP contribution in [-0.2, 0) is 6.54 Å². The van der Waals surface area contributed by atoms with E-state index in [1.165, 1.54) is 11.9 Å². The summed E-state index contributed by atoms with van der Waals surface area (Å²) < 4.78 is 1.76. The molecular formula is C14H16N6. The van der Waals surface area contributed by atoms with Crippen molar-refractivity contribution in [2.24, 2.45) is 0 Å². The highest BCUT2D eigenvalue weighted by molar-refractivity contribution is 5.81. The Balaban J connectivity index is 1.93. The Morgan fingerprint density at radius 1 is 1.20 bits per heavy atom. The van der Waals surface area contributed by atoms with Gasteiger partial charge in [-0.3, -0.25) is 0 Å². The third kappa shape index (κ3) is 2.20. The van der Waals surface area contributed by atoms with Gasteiger partial charge in [-0.2, -0.15) is 0 Å². The average Bonchev–Trinajstić information content (AvgIpc) is 2.92. The molecule has 2 heterocycles. The second-order valence-electron chi connectivity index (χ2n) is 4.58. The summed E-state index contributed by atoms with van der Waals surface area (Å²) in [5.41, 5.74) is 2.66. The zero-order valence-electron chi connectivity index (χ0n) is 11.5. The maximum Gasteiger partial charge on any atom is 0.183 e.